The second-order valence-corrected chi connectivity index (χ2v) is 5.91. The van der Waals surface area contributed by atoms with Crippen molar-refractivity contribution in [3.63, 3.8) is 0 Å². The number of nitrogens with zero attached hydrogens (tertiary/aromatic N) is 1. The van der Waals surface area contributed by atoms with Crippen LogP contribution >= 0.6 is 0 Å². The van der Waals surface area contributed by atoms with Crippen LogP contribution in [-0.2, 0) is 0 Å². The van der Waals surface area contributed by atoms with E-state index < -0.39 is 0 Å². The van der Waals surface area contributed by atoms with Gasteiger partial charge in [0.05, 0.1) is 5.56 Å². The van der Waals surface area contributed by atoms with Crippen LogP contribution in [0.3, 0.4) is 0 Å². The van der Waals surface area contributed by atoms with Crippen LogP contribution in [0.4, 0.5) is 0 Å². The van der Waals surface area contributed by atoms with E-state index in [4.69, 9.17) is 0 Å². The zero-order valence-corrected chi connectivity index (χ0v) is 12.3. The normalized spacial score (nSPS) is 18.4. The monoisotopic (exact) mass is 276 g/mol. The van der Waals surface area contributed by atoms with Crippen molar-refractivity contribution < 1.29 is 9.90 Å². The fraction of sp³-hybridized carbons (Fsp3) is 0.562. The van der Waals surface area contributed by atoms with Crippen molar-refractivity contribution in [1.29, 1.82) is 0 Å². The molecule has 110 valence electrons. The Morgan fingerprint density at radius 3 is 2.80 bits per heavy atom. The largest absolute Gasteiger partial charge is 0.507 e. The molecule has 0 saturated carbocycles. The number of carbonyl (C=O) groups excluding carboxylic acids is 1. The molecular weight excluding hydrogens is 252 g/mol. The van der Waals surface area contributed by atoms with Crippen molar-refractivity contribution >= 4 is 5.91 Å². The summed E-state index contributed by atoms with van der Waals surface area (Å²) in [7, 11) is 0. The van der Waals surface area contributed by atoms with Gasteiger partial charge in [-0.25, -0.2) is 0 Å². The molecule has 1 fully saturated rings. The van der Waals surface area contributed by atoms with Gasteiger partial charge in [0, 0.05) is 19.1 Å². The highest BCUT2D eigenvalue weighted by Gasteiger charge is 2.24. The maximum Gasteiger partial charge on any atom is 0.257 e. The average Bonchev–Trinajstić information content (AvgIpc) is 2.90. The molecule has 2 rings (SSSR count). The second kappa shape index (κ2) is 6.75. The Morgan fingerprint density at radius 2 is 2.20 bits per heavy atom. The minimum atomic E-state index is -0.0782. The summed E-state index contributed by atoms with van der Waals surface area (Å²) in [6, 6.07) is 7.15. The molecule has 1 aliphatic rings. The molecule has 0 spiro atoms. The van der Waals surface area contributed by atoms with Gasteiger partial charge in [-0.3, -0.25) is 4.79 Å². The molecule has 4 nitrogen and oxygen atoms in total. The predicted molar refractivity (Wildman–Crippen MR) is 79.9 cm³/mol. The van der Waals surface area contributed by atoms with E-state index in [-0.39, 0.29) is 11.7 Å². The number of carbonyl (C=O) groups is 1. The lowest BCUT2D eigenvalue weighted by atomic mass is 10.1. The van der Waals surface area contributed by atoms with E-state index >= 15 is 0 Å². The van der Waals surface area contributed by atoms with Crippen molar-refractivity contribution in [2.75, 3.05) is 19.6 Å². The first kappa shape index (κ1) is 14.9. The van der Waals surface area contributed by atoms with E-state index in [1.54, 1.807) is 24.3 Å². The van der Waals surface area contributed by atoms with Crippen molar-refractivity contribution in [3.8, 4) is 5.75 Å². The highest BCUT2D eigenvalue weighted by molar-refractivity contribution is 5.96. The van der Waals surface area contributed by atoms with E-state index in [9.17, 15) is 9.90 Å². The van der Waals surface area contributed by atoms with Gasteiger partial charge < -0.3 is 15.3 Å². The Kier molecular flexibility index (Phi) is 5.01. The number of amides is 1. The van der Waals surface area contributed by atoms with Crippen LogP contribution < -0.4 is 5.32 Å². The Morgan fingerprint density at radius 1 is 1.45 bits per heavy atom. The highest BCUT2D eigenvalue weighted by atomic mass is 16.3. The van der Waals surface area contributed by atoms with Crippen LogP contribution in [0.2, 0.25) is 0 Å². The van der Waals surface area contributed by atoms with Gasteiger partial charge in [-0.1, -0.05) is 26.0 Å². The van der Waals surface area contributed by atoms with E-state index in [2.05, 4.69) is 19.2 Å². The minimum absolute atomic E-state index is 0.0608. The van der Waals surface area contributed by atoms with Gasteiger partial charge in [0.25, 0.3) is 5.91 Å². The first-order chi connectivity index (χ1) is 9.58. The van der Waals surface area contributed by atoms with Gasteiger partial charge in [0.15, 0.2) is 0 Å². The summed E-state index contributed by atoms with van der Waals surface area (Å²) in [5.41, 5.74) is 0.395. The zero-order valence-electron chi connectivity index (χ0n) is 12.3. The highest BCUT2D eigenvalue weighted by Crippen LogP contribution is 2.19. The summed E-state index contributed by atoms with van der Waals surface area (Å²) in [5.74, 6) is 0.391. The molecular formula is C16H24N2O2. The van der Waals surface area contributed by atoms with Crippen LogP contribution in [0.1, 0.15) is 37.0 Å². The molecule has 4 heteroatoms. The molecule has 1 aromatic rings. The fourth-order valence-electron chi connectivity index (χ4n) is 2.68. The van der Waals surface area contributed by atoms with Crippen LogP contribution in [0.5, 0.6) is 5.75 Å². The smallest absolute Gasteiger partial charge is 0.257 e. The standard InChI is InChI=1S/C16H24N2O2/c1-12(2)10-18(11-13-6-5-9-17-13)16(20)14-7-3-4-8-15(14)19/h3-4,7-8,12-13,17,19H,5-6,9-11H2,1-2H3. The quantitative estimate of drug-likeness (QED) is 0.867. The van der Waals surface area contributed by atoms with Crippen molar-refractivity contribution in [3.05, 3.63) is 29.8 Å². The number of hydrogen-bond acceptors (Lipinski definition) is 3. The summed E-state index contributed by atoms with van der Waals surface area (Å²) in [5, 5.41) is 13.3. The van der Waals surface area contributed by atoms with Crippen molar-refractivity contribution in [1.82, 2.24) is 10.2 Å². The Balaban J connectivity index is 2.12. The molecule has 1 saturated heterocycles. The van der Waals surface area contributed by atoms with Gasteiger partial charge >= 0.3 is 0 Å². The third kappa shape index (κ3) is 3.73. The predicted octanol–water partition coefficient (Wildman–Crippen LogP) is 2.24. The molecule has 1 atom stereocenters. The van der Waals surface area contributed by atoms with Gasteiger partial charge in [-0.15, -0.1) is 0 Å². The van der Waals surface area contributed by atoms with Gasteiger partial charge in [0.1, 0.15) is 5.75 Å². The Bertz CT molecular complexity index is 454. The lowest BCUT2D eigenvalue weighted by Gasteiger charge is -2.28. The lowest BCUT2D eigenvalue weighted by molar-refractivity contribution is 0.0718. The Hall–Kier alpha value is -1.55. The summed E-state index contributed by atoms with van der Waals surface area (Å²) < 4.78 is 0. The molecule has 0 aromatic heterocycles. The maximum atomic E-state index is 12.6. The van der Waals surface area contributed by atoms with Crippen LogP contribution in [-0.4, -0.2) is 41.6 Å². The van der Waals surface area contributed by atoms with Crippen LogP contribution in [0, 0.1) is 5.92 Å². The van der Waals surface area contributed by atoms with Crippen molar-refractivity contribution in [2.24, 2.45) is 5.92 Å². The first-order valence-electron chi connectivity index (χ1n) is 7.38. The molecule has 20 heavy (non-hydrogen) atoms. The summed E-state index contributed by atoms with van der Waals surface area (Å²) in [6.07, 6.45) is 2.29. The van der Waals surface area contributed by atoms with E-state index in [0.717, 1.165) is 13.0 Å². The third-order valence-electron chi connectivity index (χ3n) is 3.61. The van der Waals surface area contributed by atoms with E-state index in [1.807, 2.05) is 4.90 Å². The molecule has 1 aromatic carbocycles. The van der Waals surface area contributed by atoms with Crippen molar-refractivity contribution in [2.45, 2.75) is 32.7 Å². The fourth-order valence-corrected chi connectivity index (χ4v) is 2.68. The summed E-state index contributed by atoms with van der Waals surface area (Å²) >= 11 is 0. The number of aromatic hydroxyl groups is 1. The van der Waals surface area contributed by atoms with Gasteiger partial charge in [0.2, 0.25) is 0 Å². The number of hydrogen-bond donors (Lipinski definition) is 2. The van der Waals surface area contributed by atoms with E-state index in [1.165, 1.54) is 6.42 Å². The Labute approximate surface area is 120 Å². The number of rotatable bonds is 5. The minimum Gasteiger partial charge on any atom is -0.507 e. The number of benzene rings is 1. The first-order valence-corrected chi connectivity index (χ1v) is 7.38. The molecule has 1 aliphatic heterocycles. The topological polar surface area (TPSA) is 52.6 Å². The molecule has 0 bridgehead atoms. The maximum absolute atomic E-state index is 12.6. The lowest BCUT2D eigenvalue weighted by Crippen LogP contribution is -2.42. The average molecular weight is 276 g/mol. The van der Waals surface area contributed by atoms with E-state index in [0.29, 0.717) is 30.6 Å². The number of nitrogens with one attached hydrogen (secondary N) is 1. The molecule has 1 heterocycles. The number of phenolic OH excluding ortho intramolecular Hbond substituents is 1. The SMILES string of the molecule is CC(C)CN(CC1CCCN1)C(=O)c1ccccc1O. The summed E-state index contributed by atoms with van der Waals surface area (Å²) in [4.78, 5) is 14.5. The zero-order chi connectivity index (χ0) is 14.5. The molecule has 1 unspecified atom stereocenters. The van der Waals surface area contributed by atoms with Gasteiger partial charge in [-0.2, -0.15) is 0 Å². The van der Waals surface area contributed by atoms with Crippen LogP contribution in [0.15, 0.2) is 24.3 Å². The molecule has 2 N–H and O–H groups in total. The second-order valence-electron chi connectivity index (χ2n) is 5.91. The van der Waals surface area contributed by atoms with Crippen LogP contribution in [0.25, 0.3) is 0 Å². The summed E-state index contributed by atoms with van der Waals surface area (Å²) in [6.45, 7) is 6.67. The number of phenols is 1. The van der Waals surface area contributed by atoms with Gasteiger partial charge in [-0.05, 0) is 37.4 Å². The third-order valence-corrected chi connectivity index (χ3v) is 3.61. The number of para-hydroxylation sites is 1. The molecule has 0 aliphatic carbocycles. The molecule has 0 radical (unpaired) electrons. The molecule has 1 amide bonds.